The minimum Gasteiger partial charge on any atom is -0.540 e. The van der Waals surface area contributed by atoms with E-state index in [1.807, 2.05) is 19.3 Å². The van der Waals surface area contributed by atoms with Crippen LogP contribution in [-0.2, 0) is 37.5 Å². The maximum Gasteiger partial charge on any atom is 0 e. The Morgan fingerprint density at radius 2 is 2.23 bits per heavy atom. The molecular formula is C10H18NOY-. The molecule has 0 aliphatic heterocycles. The first-order valence-corrected chi connectivity index (χ1v) is 4.33. The normalized spacial score (nSPS) is 16.5. The van der Waals surface area contributed by atoms with E-state index in [-0.39, 0.29) is 38.6 Å². The van der Waals surface area contributed by atoms with Gasteiger partial charge in [-0.25, -0.2) is 6.29 Å². The Morgan fingerprint density at radius 1 is 1.69 bits per heavy atom. The van der Waals surface area contributed by atoms with Crippen molar-refractivity contribution in [3.63, 3.8) is 0 Å². The summed E-state index contributed by atoms with van der Waals surface area (Å²) in [5.41, 5.74) is 4.90. The molecule has 0 spiro atoms. The van der Waals surface area contributed by atoms with Crippen LogP contribution in [0, 0.1) is 5.92 Å². The van der Waals surface area contributed by atoms with Gasteiger partial charge in [-0.05, 0) is 12.8 Å². The Balaban J connectivity index is 0. The fourth-order valence-corrected chi connectivity index (χ4v) is 0.969. The zero-order chi connectivity index (χ0) is 9.61. The summed E-state index contributed by atoms with van der Waals surface area (Å²) in [5.74, 6) is 0.190. The van der Waals surface area contributed by atoms with Crippen LogP contribution in [0.5, 0.6) is 0 Å². The van der Waals surface area contributed by atoms with Crippen LogP contribution in [0.2, 0.25) is 0 Å². The van der Waals surface area contributed by atoms with Crippen molar-refractivity contribution < 1.29 is 37.5 Å². The van der Waals surface area contributed by atoms with Gasteiger partial charge in [0, 0.05) is 32.7 Å². The van der Waals surface area contributed by atoms with Crippen molar-refractivity contribution in [1.29, 1.82) is 0 Å². The minimum absolute atomic E-state index is 0. The Bertz CT molecular complexity index is 157. The molecule has 3 heteroatoms. The SMILES string of the molecule is C=CCCCC(C)C(C)(N)[C-]=O.[Y]. The molecule has 0 aliphatic carbocycles. The van der Waals surface area contributed by atoms with Crippen LogP contribution >= 0.6 is 0 Å². The molecule has 2 unspecified atom stereocenters. The zero-order valence-corrected chi connectivity index (χ0v) is 11.4. The summed E-state index contributed by atoms with van der Waals surface area (Å²) in [6.45, 7) is 7.33. The van der Waals surface area contributed by atoms with Gasteiger partial charge in [-0.3, -0.25) is 0 Å². The van der Waals surface area contributed by atoms with Crippen molar-refractivity contribution in [1.82, 2.24) is 0 Å². The quantitative estimate of drug-likeness (QED) is 0.448. The van der Waals surface area contributed by atoms with Crippen LogP contribution < -0.4 is 5.73 Å². The maximum absolute atomic E-state index is 10.4. The number of hydrogen-bond donors (Lipinski definition) is 1. The van der Waals surface area contributed by atoms with Crippen LogP contribution in [0.25, 0.3) is 0 Å². The largest absolute Gasteiger partial charge is 0.540 e. The molecule has 0 aromatic heterocycles. The Kier molecular flexibility index (Phi) is 9.60. The van der Waals surface area contributed by atoms with Gasteiger partial charge in [-0.15, -0.1) is 6.58 Å². The number of carbonyl (C=O) groups excluding carboxylic acids is 1. The topological polar surface area (TPSA) is 43.1 Å². The summed E-state index contributed by atoms with van der Waals surface area (Å²) in [5, 5.41) is 0. The molecule has 0 saturated heterocycles. The van der Waals surface area contributed by atoms with Crippen molar-refractivity contribution in [3.8, 4) is 0 Å². The third-order valence-electron chi connectivity index (χ3n) is 2.29. The molecule has 73 valence electrons. The number of nitrogens with two attached hydrogens (primary N) is 1. The average molecular weight is 257 g/mol. The maximum atomic E-state index is 10.4. The van der Waals surface area contributed by atoms with Crippen LogP contribution in [0.15, 0.2) is 12.7 Å². The third-order valence-corrected chi connectivity index (χ3v) is 2.29. The van der Waals surface area contributed by atoms with Crippen molar-refractivity contribution in [3.05, 3.63) is 12.7 Å². The molecule has 1 radical (unpaired) electrons. The van der Waals surface area contributed by atoms with E-state index < -0.39 is 5.54 Å². The van der Waals surface area contributed by atoms with E-state index in [0.29, 0.717) is 0 Å². The molecule has 0 amide bonds. The van der Waals surface area contributed by atoms with Crippen LogP contribution in [0.3, 0.4) is 0 Å². The Labute approximate surface area is 106 Å². The molecule has 0 heterocycles. The molecule has 0 aliphatic rings. The van der Waals surface area contributed by atoms with Gasteiger partial charge in [0.1, 0.15) is 0 Å². The summed E-state index contributed by atoms with van der Waals surface area (Å²) >= 11 is 0. The van der Waals surface area contributed by atoms with Gasteiger partial charge in [-0.1, -0.05) is 37.8 Å². The molecule has 0 aromatic carbocycles. The molecular weight excluding hydrogens is 239 g/mol. The standard InChI is InChI=1S/C10H18NO.Y/c1-4-5-6-7-9(2)10(3,11)8-12;/h4,9H,1,5-7,11H2,2-3H3;/q-1;. The predicted octanol–water partition coefficient (Wildman–Crippen LogP) is 1.80. The summed E-state index contributed by atoms with van der Waals surface area (Å²) in [4.78, 5) is 10.4. The van der Waals surface area contributed by atoms with Crippen molar-refractivity contribution in [2.24, 2.45) is 11.7 Å². The second-order valence-electron chi connectivity index (χ2n) is 3.51. The van der Waals surface area contributed by atoms with E-state index in [9.17, 15) is 4.79 Å². The molecule has 0 rings (SSSR count). The zero-order valence-electron chi connectivity index (χ0n) is 8.55. The summed E-state index contributed by atoms with van der Waals surface area (Å²) in [7, 11) is 0. The first-order valence-electron chi connectivity index (χ1n) is 4.33. The van der Waals surface area contributed by atoms with Crippen LogP contribution in [0.4, 0.5) is 0 Å². The number of unbranched alkanes of at least 4 members (excludes halogenated alkanes) is 1. The molecule has 2 nitrogen and oxygen atoms in total. The van der Waals surface area contributed by atoms with Gasteiger partial charge >= 0.3 is 0 Å². The molecule has 0 saturated carbocycles. The van der Waals surface area contributed by atoms with Crippen molar-refractivity contribution in [2.45, 2.75) is 38.6 Å². The third kappa shape index (κ3) is 6.53. The van der Waals surface area contributed by atoms with Crippen molar-refractivity contribution >= 4 is 6.29 Å². The van der Waals surface area contributed by atoms with Gasteiger partial charge < -0.3 is 10.5 Å². The van der Waals surface area contributed by atoms with E-state index >= 15 is 0 Å². The van der Waals surface area contributed by atoms with Gasteiger partial charge in [0.15, 0.2) is 0 Å². The number of rotatable bonds is 6. The molecule has 13 heavy (non-hydrogen) atoms. The average Bonchev–Trinajstić information content (AvgIpc) is 2.05. The molecule has 0 bridgehead atoms. The second kappa shape index (κ2) is 7.84. The summed E-state index contributed by atoms with van der Waals surface area (Å²) < 4.78 is 0. The Hall–Kier alpha value is 0.474. The molecule has 2 atom stereocenters. The fourth-order valence-electron chi connectivity index (χ4n) is 0.969. The van der Waals surface area contributed by atoms with Gasteiger partial charge in [-0.2, -0.15) is 0 Å². The smallest absolute Gasteiger partial charge is 0 e. The second-order valence-corrected chi connectivity index (χ2v) is 3.51. The van der Waals surface area contributed by atoms with Gasteiger partial charge in [0.25, 0.3) is 0 Å². The van der Waals surface area contributed by atoms with Crippen LogP contribution in [-0.4, -0.2) is 11.8 Å². The van der Waals surface area contributed by atoms with Gasteiger partial charge in [0.05, 0.1) is 0 Å². The van der Waals surface area contributed by atoms with E-state index in [0.717, 1.165) is 19.3 Å². The summed E-state index contributed by atoms with van der Waals surface area (Å²) in [6, 6.07) is 0. The Morgan fingerprint density at radius 3 is 2.62 bits per heavy atom. The predicted molar refractivity (Wildman–Crippen MR) is 51.5 cm³/mol. The number of hydrogen-bond acceptors (Lipinski definition) is 2. The minimum atomic E-state index is -0.791. The molecule has 0 fully saturated rings. The van der Waals surface area contributed by atoms with E-state index in [2.05, 4.69) is 6.58 Å². The molecule has 2 N–H and O–H groups in total. The summed E-state index contributed by atoms with van der Waals surface area (Å²) in [6.07, 6.45) is 6.73. The number of allylic oxidation sites excluding steroid dienone is 1. The van der Waals surface area contributed by atoms with Crippen molar-refractivity contribution in [2.75, 3.05) is 0 Å². The molecule has 0 aromatic rings. The first kappa shape index (κ1) is 15.9. The fraction of sp³-hybridized carbons (Fsp3) is 0.700. The van der Waals surface area contributed by atoms with Crippen LogP contribution in [0.1, 0.15) is 33.1 Å². The monoisotopic (exact) mass is 257 g/mol. The van der Waals surface area contributed by atoms with E-state index in [1.54, 1.807) is 6.92 Å². The van der Waals surface area contributed by atoms with E-state index in [1.165, 1.54) is 0 Å². The first-order chi connectivity index (χ1) is 5.54. The van der Waals surface area contributed by atoms with Gasteiger partial charge in [0.2, 0.25) is 0 Å². The van der Waals surface area contributed by atoms with E-state index in [4.69, 9.17) is 5.73 Å².